The molecule has 0 radical (unpaired) electrons. The Bertz CT molecular complexity index is 568. The summed E-state index contributed by atoms with van der Waals surface area (Å²) in [4.78, 5) is 49.3. The second kappa shape index (κ2) is 7.76. The Morgan fingerprint density at radius 1 is 0.750 bits per heavy atom. The average molecular weight is 336 g/mol. The summed E-state index contributed by atoms with van der Waals surface area (Å²) in [6.07, 6.45) is 3.62. The predicted octanol–water partition coefficient (Wildman–Crippen LogP) is 0.345. The molecule has 0 atom stereocenters. The van der Waals surface area contributed by atoms with Crippen molar-refractivity contribution in [2.75, 3.05) is 26.3 Å². The SMILES string of the molecule is CCCN1C(=O)C=C(OCCOC2=CC(=O)N(CCC)C2=O)C1=O. The van der Waals surface area contributed by atoms with Gasteiger partial charge >= 0.3 is 0 Å². The lowest BCUT2D eigenvalue weighted by molar-refractivity contribution is -0.140. The van der Waals surface area contributed by atoms with Crippen molar-refractivity contribution < 1.29 is 28.7 Å². The van der Waals surface area contributed by atoms with E-state index in [9.17, 15) is 19.2 Å². The van der Waals surface area contributed by atoms with Gasteiger partial charge in [-0.3, -0.25) is 29.0 Å². The first-order valence-electron chi connectivity index (χ1n) is 7.90. The minimum absolute atomic E-state index is 0.0165. The second-order valence-electron chi connectivity index (χ2n) is 5.30. The average Bonchev–Trinajstić information content (AvgIpc) is 2.97. The molecular formula is C16H20N2O6. The molecule has 0 N–H and O–H groups in total. The number of carbonyl (C=O) groups excluding carboxylic acids is 4. The van der Waals surface area contributed by atoms with Gasteiger partial charge in [-0.05, 0) is 12.8 Å². The molecule has 0 aromatic heterocycles. The van der Waals surface area contributed by atoms with Crippen molar-refractivity contribution in [2.45, 2.75) is 26.7 Å². The molecule has 0 fully saturated rings. The fourth-order valence-corrected chi connectivity index (χ4v) is 2.35. The second-order valence-corrected chi connectivity index (χ2v) is 5.30. The van der Waals surface area contributed by atoms with Crippen LogP contribution in [0.5, 0.6) is 0 Å². The molecule has 2 aliphatic rings. The number of imide groups is 2. The molecule has 0 aliphatic carbocycles. The van der Waals surface area contributed by atoms with E-state index in [0.717, 1.165) is 22.0 Å². The van der Waals surface area contributed by atoms with Crippen molar-refractivity contribution in [2.24, 2.45) is 0 Å². The molecule has 130 valence electrons. The molecule has 2 aliphatic heterocycles. The van der Waals surface area contributed by atoms with E-state index in [2.05, 4.69) is 0 Å². The lowest BCUT2D eigenvalue weighted by Gasteiger charge is -2.14. The summed E-state index contributed by atoms with van der Waals surface area (Å²) in [5.41, 5.74) is 0. The van der Waals surface area contributed by atoms with E-state index in [1.807, 2.05) is 13.8 Å². The van der Waals surface area contributed by atoms with Gasteiger partial charge in [0.25, 0.3) is 23.6 Å². The van der Waals surface area contributed by atoms with Crippen LogP contribution in [-0.4, -0.2) is 59.7 Å². The van der Waals surface area contributed by atoms with Gasteiger partial charge in [-0.15, -0.1) is 0 Å². The lowest BCUT2D eigenvalue weighted by Crippen LogP contribution is -2.32. The van der Waals surface area contributed by atoms with Crippen LogP contribution in [0.25, 0.3) is 0 Å². The quantitative estimate of drug-likeness (QED) is 0.445. The highest BCUT2D eigenvalue weighted by Crippen LogP contribution is 2.16. The third-order valence-corrected chi connectivity index (χ3v) is 3.45. The Morgan fingerprint density at radius 2 is 1.12 bits per heavy atom. The Kier molecular flexibility index (Phi) is 5.73. The van der Waals surface area contributed by atoms with Crippen LogP contribution in [0.3, 0.4) is 0 Å². The topological polar surface area (TPSA) is 93.2 Å². The van der Waals surface area contributed by atoms with Crippen molar-refractivity contribution in [1.82, 2.24) is 9.80 Å². The minimum Gasteiger partial charge on any atom is -0.484 e. The number of hydrogen-bond donors (Lipinski definition) is 0. The van der Waals surface area contributed by atoms with Crippen LogP contribution in [0.15, 0.2) is 23.7 Å². The van der Waals surface area contributed by atoms with Gasteiger partial charge in [0.2, 0.25) is 0 Å². The first-order chi connectivity index (χ1) is 11.5. The molecule has 0 aromatic carbocycles. The molecule has 0 unspecified atom stereocenters. The number of hydrogen-bond acceptors (Lipinski definition) is 6. The number of amides is 4. The Morgan fingerprint density at radius 3 is 1.46 bits per heavy atom. The molecule has 0 aromatic rings. The van der Waals surface area contributed by atoms with Gasteiger partial charge in [0, 0.05) is 13.1 Å². The molecule has 8 heteroatoms. The number of carbonyl (C=O) groups is 4. The van der Waals surface area contributed by atoms with Gasteiger partial charge in [0.1, 0.15) is 13.2 Å². The molecule has 0 bridgehead atoms. The number of rotatable bonds is 9. The standard InChI is InChI=1S/C16H20N2O6/c1-3-5-17-13(19)9-11(15(17)21)23-7-8-24-12-10-14(20)18(6-4-2)16(12)22/h9-10H,3-8H2,1-2H3. The zero-order valence-electron chi connectivity index (χ0n) is 13.7. The van der Waals surface area contributed by atoms with Crippen LogP contribution >= 0.6 is 0 Å². The van der Waals surface area contributed by atoms with Gasteiger partial charge in [-0.2, -0.15) is 0 Å². The zero-order chi connectivity index (χ0) is 17.7. The van der Waals surface area contributed by atoms with E-state index in [4.69, 9.17) is 9.47 Å². The normalized spacial score (nSPS) is 17.6. The summed E-state index contributed by atoms with van der Waals surface area (Å²) in [5.74, 6) is -1.80. The fourth-order valence-electron chi connectivity index (χ4n) is 2.35. The van der Waals surface area contributed by atoms with Crippen LogP contribution in [0.2, 0.25) is 0 Å². The summed E-state index contributed by atoms with van der Waals surface area (Å²) in [6.45, 7) is 4.38. The van der Waals surface area contributed by atoms with E-state index < -0.39 is 23.6 Å². The monoisotopic (exact) mass is 336 g/mol. The van der Waals surface area contributed by atoms with Gasteiger partial charge in [-0.1, -0.05) is 13.8 Å². The van der Waals surface area contributed by atoms with Crippen LogP contribution in [0.4, 0.5) is 0 Å². The highest BCUT2D eigenvalue weighted by molar-refractivity contribution is 6.15. The van der Waals surface area contributed by atoms with E-state index in [-0.39, 0.29) is 24.7 Å². The summed E-state index contributed by atoms with van der Waals surface area (Å²) in [6, 6.07) is 0. The lowest BCUT2D eigenvalue weighted by atomic mass is 10.4. The van der Waals surface area contributed by atoms with Crippen molar-refractivity contribution >= 4 is 23.6 Å². The maximum absolute atomic E-state index is 11.9. The Balaban J connectivity index is 1.78. The third kappa shape index (κ3) is 3.64. The summed E-state index contributed by atoms with van der Waals surface area (Å²) in [5, 5.41) is 0. The first kappa shape index (κ1) is 17.7. The third-order valence-electron chi connectivity index (χ3n) is 3.45. The molecule has 4 amide bonds. The fraction of sp³-hybridized carbons (Fsp3) is 0.500. The predicted molar refractivity (Wildman–Crippen MR) is 82.1 cm³/mol. The van der Waals surface area contributed by atoms with Crippen LogP contribution in [-0.2, 0) is 28.7 Å². The highest BCUT2D eigenvalue weighted by Gasteiger charge is 2.33. The number of ether oxygens (including phenoxy) is 2. The highest BCUT2D eigenvalue weighted by atomic mass is 16.5. The van der Waals surface area contributed by atoms with Crippen molar-refractivity contribution in [3.63, 3.8) is 0 Å². The zero-order valence-corrected chi connectivity index (χ0v) is 13.7. The van der Waals surface area contributed by atoms with E-state index in [0.29, 0.717) is 25.9 Å². The Hall–Kier alpha value is -2.64. The van der Waals surface area contributed by atoms with Crippen LogP contribution < -0.4 is 0 Å². The van der Waals surface area contributed by atoms with E-state index >= 15 is 0 Å². The van der Waals surface area contributed by atoms with Crippen molar-refractivity contribution in [3.05, 3.63) is 23.7 Å². The minimum atomic E-state index is -0.470. The molecule has 8 nitrogen and oxygen atoms in total. The first-order valence-corrected chi connectivity index (χ1v) is 7.90. The smallest absolute Gasteiger partial charge is 0.295 e. The molecule has 24 heavy (non-hydrogen) atoms. The molecule has 0 saturated heterocycles. The van der Waals surface area contributed by atoms with Crippen molar-refractivity contribution in [3.8, 4) is 0 Å². The van der Waals surface area contributed by atoms with Gasteiger partial charge < -0.3 is 9.47 Å². The summed E-state index contributed by atoms with van der Waals surface area (Å²) in [7, 11) is 0. The molecule has 0 spiro atoms. The summed E-state index contributed by atoms with van der Waals surface area (Å²) >= 11 is 0. The van der Waals surface area contributed by atoms with Gasteiger partial charge in [-0.25, -0.2) is 0 Å². The molecule has 2 heterocycles. The van der Waals surface area contributed by atoms with Crippen molar-refractivity contribution in [1.29, 1.82) is 0 Å². The van der Waals surface area contributed by atoms with E-state index in [1.165, 1.54) is 0 Å². The van der Waals surface area contributed by atoms with Crippen LogP contribution in [0.1, 0.15) is 26.7 Å². The van der Waals surface area contributed by atoms with E-state index in [1.54, 1.807) is 0 Å². The van der Waals surface area contributed by atoms with Gasteiger partial charge in [0.05, 0.1) is 12.2 Å². The maximum atomic E-state index is 11.9. The van der Waals surface area contributed by atoms with Gasteiger partial charge in [0.15, 0.2) is 11.5 Å². The number of nitrogens with zero attached hydrogens (tertiary/aromatic N) is 2. The Labute approximate surface area is 139 Å². The molecule has 0 saturated carbocycles. The maximum Gasteiger partial charge on any atom is 0.295 e. The molecule has 2 rings (SSSR count). The van der Waals surface area contributed by atoms with Crippen LogP contribution in [0, 0.1) is 0 Å². The summed E-state index contributed by atoms with van der Waals surface area (Å²) < 4.78 is 10.5. The molecular weight excluding hydrogens is 316 g/mol. The largest absolute Gasteiger partial charge is 0.484 e.